The number of hydrogen-bond donors (Lipinski definition) is 3. The molecule has 17 nitrogen and oxygen atoms in total. The lowest BCUT2D eigenvalue weighted by molar-refractivity contribution is -0.161. The molecule has 0 saturated carbocycles. The molecule has 0 aromatic rings. The molecule has 0 saturated heterocycles. The van der Waals surface area contributed by atoms with Gasteiger partial charge >= 0.3 is 39.5 Å². The van der Waals surface area contributed by atoms with Crippen LogP contribution in [0.1, 0.15) is 336 Å². The van der Waals surface area contributed by atoms with E-state index >= 15 is 0 Å². The minimum Gasteiger partial charge on any atom is -0.462 e. The molecular weight excluding hydrogens is 1330 g/mol. The van der Waals surface area contributed by atoms with E-state index in [0.717, 1.165) is 148 Å². The second-order valence-electron chi connectivity index (χ2n) is 26.7. The van der Waals surface area contributed by atoms with Crippen LogP contribution in [0.25, 0.3) is 0 Å². The minimum absolute atomic E-state index is 0.0659. The van der Waals surface area contributed by atoms with E-state index in [0.29, 0.717) is 32.1 Å². The Labute approximate surface area is 619 Å². The van der Waals surface area contributed by atoms with Gasteiger partial charge in [0.15, 0.2) is 12.2 Å². The van der Waals surface area contributed by atoms with Gasteiger partial charge in [0, 0.05) is 25.7 Å². The molecule has 0 fully saturated rings. The van der Waals surface area contributed by atoms with Gasteiger partial charge in [0.1, 0.15) is 19.3 Å². The number of unbranched alkanes of at least 4 members (excludes halogenated alkanes) is 32. The van der Waals surface area contributed by atoms with Crippen molar-refractivity contribution < 1.29 is 80.2 Å². The molecule has 0 spiro atoms. The summed E-state index contributed by atoms with van der Waals surface area (Å²) >= 11 is 0. The average molecular weight is 1480 g/mol. The molecule has 5 atom stereocenters. The van der Waals surface area contributed by atoms with Crippen LogP contribution in [0, 0.1) is 0 Å². The maximum Gasteiger partial charge on any atom is 0.472 e. The van der Waals surface area contributed by atoms with Gasteiger partial charge in [-0.05, 0) is 148 Å². The highest BCUT2D eigenvalue weighted by Crippen LogP contribution is 2.45. The van der Waals surface area contributed by atoms with Crippen molar-refractivity contribution in [2.75, 3.05) is 39.6 Å². The fourth-order valence-corrected chi connectivity index (χ4v) is 12.1. The molecule has 2 unspecified atom stereocenters. The number of aliphatic hydroxyl groups excluding tert-OH is 1. The Morgan fingerprint density at radius 1 is 0.284 bits per heavy atom. The summed E-state index contributed by atoms with van der Waals surface area (Å²) in [6, 6.07) is 0. The number of rotatable bonds is 75. The largest absolute Gasteiger partial charge is 0.472 e. The fraction of sp³-hybridized carbons (Fsp3) is 0.735. The lowest BCUT2D eigenvalue weighted by atomic mass is 10.1. The average Bonchev–Trinajstić information content (AvgIpc) is 0.923. The van der Waals surface area contributed by atoms with Crippen LogP contribution in [0.4, 0.5) is 0 Å². The third-order valence-corrected chi connectivity index (χ3v) is 18.6. The third-order valence-electron chi connectivity index (χ3n) is 16.7. The number of allylic oxidation sites excluding steroid dienone is 18. The van der Waals surface area contributed by atoms with Crippen LogP contribution in [0.5, 0.6) is 0 Å². The molecular formula is C83H144O17P2. The van der Waals surface area contributed by atoms with Crippen LogP contribution in [-0.2, 0) is 65.4 Å². The van der Waals surface area contributed by atoms with E-state index in [9.17, 15) is 43.2 Å². The van der Waals surface area contributed by atoms with Gasteiger partial charge in [-0.1, -0.05) is 272 Å². The van der Waals surface area contributed by atoms with Gasteiger partial charge in [-0.2, -0.15) is 0 Å². The molecule has 0 aromatic heterocycles. The quantitative estimate of drug-likeness (QED) is 0.0128. The normalized spacial score (nSPS) is 14.5. The molecule has 0 aliphatic heterocycles. The number of ether oxygens (including phenoxy) is 4. The van der Waals surface area contributed by atoms with Gasteiger partial charge in [0.05, 0.1) is 26.4 Å². The molecule has 588 valence electrons. The highest BCUT2D eigenvalue weighted by molar-refractivity contribution is 7.47. The monoisotopic (exact) mass is 1470 g/mol. The highest BCUT2D eigenvalue weighted by Gasteiger charge is 2.30. The highest BCUT2D eigenvalue weighted by atomic mass is 31.2. The van der Waals surface area contributed by atoms with Crippen LogP contribution in [0.2, 0.25) is 0 Å². The molecule has 0 aliphatic carbocycles. The Balaban J connectivity index is 5.43. The molecule has 0 aromatic carbocycles. The predicted octanol–water partition coefficient (Wildman–Crippen LogP) is 23.3. The van der Waals surface area contributed by atoms with Crippen molar-refractivity contribution in [2.24, 2.45) is 0 Å². The number of carbonyl (C=O) groups excluding carboxylic acids is 4. The van der Waals surface area contributed by atoms with E-state index in [2.05, 4.69) is 125 Å². The first kappa shape index (κ1) is 97.7. The van der Waals surface area contributed by atoms with Crippen molar-refractivity contribution in [2.45, 2.75) is 354 Å². The van der Waals surface area contributed by atoms with Crippen molar-refractivity contribution in [3.05, 3.63) is 109 Å². The number of esters is 4. The van der Waals surface area contributed by atoms with Gasteiger partial charge in [0.25, 0.3) is 0 Å². The number of aliphatic hydroxyl groups is 1. The Kier molecular flexibility index (Phi) is 71.8. The van der Waals surface area contributed by atoms with E-state index < -0.39 is 97.5 Å². The van der Waals surface area contributed by atoms with Gasteiger partial charge in [0.2, 0.25) is 0 Å². The van der Waals surface area contributed by atoms with Crippen LogP contribution >= 0.6 is 15.6 Å². The maximum absolute atomic E-state index is 13.1. The van der Waals surface area contributed by atoms with Crippen molar-refractivity contribution >= 4 is 39.5 Å². The molecule has 102 heavy (non-hydrogen) atoms. The number of hydrogen-bond acceptors (Lipinski definition) is 15. The zero-order valence-corrected chi connectivity index (χ0v) is 66.0. The minimum atomic E-state index is -4.99. The van der Waals surface area contributed by atoms with Crippen LogP contribution in [0.15, 0.2) is 109 Å². The first-order valence-corrected chi connectivity index (χ1v) is 43.1. The van der Waals surface area contributed by atoms with E-state index in [1.165, 1.54) is 103 Å². The Morgan fingerprint density at radius 3 is 0.873 bits per heavy atom. The van der Waals surface area contributed by atoms with Crippen LogP contribution in [-0.4, -0.2) is 96.7 Å². The molecule has 0 aliphatic rings. The molecule has 0 amide bonds. The SMILES string of the molecule is CCCCC/C=C\C/C=C\C/C=C\C/C=C\CCCC(=O)OC[C@H](COP(=O)(O)OC[C@H](O)COP(=O)(O)OC[C@@H](COC(=O)CCCCCCC/C=C\C=C/CCCCCC)OC(=O)CCCCCCC/C=C\CCCCCCCC)OC(=O)CCCCCCC/C=C\C/C=C\CCCCC. The van der Waals surface area contributed by atoms with Gasteiger partial charge < -0.3 is 33.8 Å². The first-order valence-electron chi connectivity index (χ1n) is 40.1. The maximum atomic E-state index is 13.1. The summed E-state index contributed by atoms with van der Waals surface area (Å²) in [6.07, 6.45) is 80.7. The summed E-state index contributed by atoms with van der Waals surface area (Å²) in [5.41, 5.74) is 0. The number of phosphoric ester groups is 2. The number of phosphoric acid groups is 2. The van der Waals surface area contributed by atoms with Gasteiger partial charge in [-0.3, -0.25) is 37.3 Å². The lowest BCUT2D eigenvalue weighted by Gasteiger charge is -2.21. The van der Waals surface area contributed by atoms with E-state index in [1.54, 1.807) is 0 Å². The molecule has 0 rings (SSSR count). The molecule has 0 radical (unpaired) electrons. The predicted molar refractivity (Wildman–Crippen MR) is 418 cm³/mol. The summed E-state index contributed by atoms with van der Waals surface area (Å²) in [5.74, 6) is -2.27. The second kappa shape index (κ2) is 75.0. The Hall–Kier alpha value is -4.28. The summed E-state index contributed by atoms with van der Waals surface area (Å²) in [4.78, 5) is 73.0. The van der Waals surface area contributed by atoms with Crippen LogP contribution in [0.3, 0.4) is 0 Å². The Bertz CT molecular complexity index is 2360. The Morgan fingerprint density at radius 2 is 0.520 bits per heavy atom. The fourth-order valence-electron chi connectivity index (χ4n) is 10.5. The first-order chi connectivity index (χ1) is 49.7. The second-order valence-corrected chi connectivity index (χ2v) is 29.6. The van der Waals surface area contributed by atoms with Crippen molar-refractivity contribution in [3.8, 4) is 0 Å². The molecule has 3 N–H and O–H groups in total. The number of carbonyl (C=O) groups is 4. The van der Waals surface area contributed by atoms with E-state index in [4.69, 9.17) is 37.0 Å². The van der Waals surface area contributed by atoms with E-state index in [-0.39, 0.29) is 25.7 Å². The summed E-state index contributed by atoms with van der Waals surface area (Å²) in [6.45, 7) is 4.72. The molecule has 0 bridgehead atoms. The van der Waals surface area contributed by atoms with Gasteiger partial charge in [-0.15, -0.1) is 0 Å². The van der Waals surface area contributed by atoms with Crippen molar-refractivity contribution in [3.63, 3.8) is 0 Å². The lowest BCUT2D eigenvalue weighted by Crippen LogP contribution is -2.30. The van der Waals surface area contributed by atoms with Crippen molar-refractivity contribution in [1.29, 1.82) is 0 Å². The summed E-state index contributed by atoms with van der Waals surface area (Å²) in [7, 11) is -9.98. The van der Waals surface area contributed by atoms with Gasteiger partial charge in [-0.25, -0.2) is 9.13 Å². The topological polar surface area (TPSA) is 237 Å². The van der Waals surface area contributed by atoms with Crippen molar-refractivity contribution in [1.82, 2.24) is 0 Å². The van der Waals surface area contributed by atoms with Crippen LogP contribution < -0.4 is 0 Å². The standard InChI is InChI=1S/C83H144O17P2/c1-5-9-13-17-21-25-29-33-37-38-42-44-48-52-56-60-64-68-81(86)94-74-79(100-83(88)70-66-62-58-54-50-46-41-36-32-28-24-20-16-12-8-4)76-98-102(91,92)96-72-77(84)71-95-101(89,90)97-75-78(99-82(87)69-65-61-57-53-49-45-40-35-31-27-23-19-15-11-7-3)73-93-80(85)67-63-59-55-51-47-43-39-34-30-26-22-18-14-10-6-2/h21,24-26,28,30,33-37,39-42,44,52,56,77-79,84H,5-20,22-23,27,29,31-32,38,43,45-51,53-55,57-76H2,1-4H3,(H,89,90)(H,91,92)/b25-21-,28-24-,30-26-,37-33-,39-34-,40-35-,41-36-,44-42-,56-52-/t77-,78-,79-/m1/s1. The smallest absolute Gasteiger partial charge is 0.462 e. The summed E-state index contributed by atoms with van der Waals surface area (Å²) < 4.78 is 68.5. The van der Waals surface area contributed by atoms with E-state index in [1.807, 2.05) is 12.2 Å². The molecule has 0 heterocycles. The summed E-state index contributed by atoms with van der Waals surface area (Å²) in [5, 5.41) is 10.6. The zero-order chi connectivity index (χ0) is 74.6. The molecule has 19 heteroatoms. The zero-order valence-electron chi connectivity index (χ0n) is 64.3. The third kappa shape index (κ3) is 74.0.